The van der Waals surface area contributed by atoms with Gasteiger partial charge in [0.2, 0.25) is 0 Å². The normalized spacial score (nSPS) is 10.9. The molecule has 1 aromatic heterocycles. The van der Waals surface area contributed by atoms with Crippen LogP contribution in [-0.4, -0.2) is 5.78 Å². The third kappa shape index (κ3) is 2.54. The average molecular weight is 343 g/mol. The lowest BCUT2D eigenvalue weighted by Gasteiger charge is -2.06. The summed E-state index contributed by atoms with van der Waals surface area (Å²) >= 11 is 2.99. The summed E-state index contributed by atoms with van der Waals surface area (Å²) in [6.07, 6.45) is -0.336. The SMILES string of the molecule is Cc1oc(C)c(C(=O)Cc2c(F)ccc(Br)c2F)c1C. The molecule has 0 amide bonds. The second-order valence-corrected chi connectivity index (χ2v) is 5.49. The van der Waals surface area contributed by atoms with Crippen molar-refractivity contribution in [3.05, 3.63) is 56.5 Å². The van der Waals surface area contributed by atoms with E-state index in [0.717, 1.165) is 6.07 Å². The minimum absolute atomic E-state index is 0.138. The molecule has 1 aromatic carbocycles. The van der Waals surface area contributed by atoms with Gasteiger partial charge in [0.1, 0.15) is 23.2 Å². The number of carbonyl (C=O) groups excluding carboxylic acids is 1. The maximum atomic E-state index is 13.9. The Morgan fingerprint density at radius 3 is 2.40 bits per heavy atom. The minimum atomic E-state index is -0.742. The maximum absolute atomic E-state index is 13.9. The number of benzene rings is 1. The van der Waals surface area contributed by atoms with Gasteiger partial charge >= 0.3 is 0 Å². The molecule has 0 aliphatic rings. The zero-order chi connectivity index (χ0) is 15.0. The van der Waals surface area contributed by atoms with Crippen LogP contribution in [0.25, 0.3) is 0 Å². The first-order valence-electron chi connectivity index (χ1n) is 6.05. The lowest BCUT2D eigenvalue weighted by molar-refractivity contribution is 0.0988. The molecule has 2 aromatic rings. The van der Waals surface area contributed by atoms with E-state index in [0.29, 0.717) is 22.6 Å². The van der Waals surface area contributed by atoms with Crippen molar-refractivity contribution in [1.29, 1.82) is 0 Å². The highest BCUT2D eigenvalue weighted by Gasteiger charge is 2.22. The first-order chi connectivity index (χ1) is 9.32. The Bertz CT molecular complexity index is 690. The van der Waals surface area contributed by atoms with Crippen molar-refractivity contribution in [2.75, 3.05) is 0 Å². The number of Topliss-reactive ketones (excluding diaryl/α,β-unsaturated/α-hetero) is 1. The molecular weight excluding hydrogens is 330 g/mol. The van der Waals surface area contributed by atoms with Gasteiger partial charge in [-0.05, 0) is 48.8 Å². The summed E-state index contributed by atoms with van der Waals surface area (Å²) in [6, 6.07) is 2.41. The summed E-state index contributed by atoms with van der Waals surface area (Å²) in [5.74, 6) is -0.710. The minimum Gasteiger partial charge on any atom is -0.466 e. The summed E-state index contributed by atoms with van der Waals surface area (Å²) in [7, 11) is 0. The molecule has 0 saturated heterocycles. The molecule has 0 unspecified atom stereocenters. The van der Waals surface area contributed by atoms with E-state index < -0.39 is 11.6 Å². The highest BCUT2D eigenvalue weighted by molar-refractivity contribution is 9.10. The van der Waals surface area contributed by atoms with E-state index in [1.165, 1.54) is 6.07 Å². The summed E-state index contributed by atoms with van der Waals surface area (Å²) in [5.41, 5.74) is 0.881. The summed E-state index contributed by atoms with van der Waals surface area (Å²) in [4.78, 5) is 12.3. The predicted octanol–water partition coefficient (Wildman–Crippen LogP) is 4.67. The Morgan fingerprint density at radius 2 is 1.85 bits per heavy atom. The number of aryl methyl sites for hydroxylation is 2. The third-order valence-electron chi connectivity index (χ3n) is 3.32. The molecule has 2 nitrogen and oxygen atoms in total. The largest absolute Gasteiger partial charge is 0.466 e. The third-order valence-corrected chi connectivity index (χ3v) is 3.93. The smallest absolute Gasteiger partial charge is 0.171 e. The van der Waals surface area contributed by atoms with Crippen LogP contribution in [0.5, 0.6) is 0 Å². The van der Waals surface area contributed by atoms with Gasteiger partial charge in [0.15, 0.2) is 5.78 Å². The Labute approximate surface area is 123 Å². The molecule has 0 aliphatic heterocycles. The molecule has 0 fully saturated rings. The zero-order valence-electron chi connectivity index (χ0n) is 11.3. The number of hydrogen-bond acceptors (Lipinski definition) is 2. The number of hydrogen-bond donors (Lipinski definition) is 0. The van der Waals surface area contributed by atoms with Crippen molar-refractivity contribution in [3.63, 3.8) is 0 Å². The van der Waals surface area contributed by atoms with E-state index in [4.69, 9.17) is 4.42 Å². The van der Waals surface area contributed by atoms with Gasteiger partial charge in [0.05, 0.1) is 10.0 Å². The van der Waals surface area contributed by atoms with E-state index in [1.54, 1.807) is 20.8 Å². The quantitative estimate of drug-likeness (QED) is 0.599. The van der Waals surface area contributed by atoms with Crippen LogP contribution in [0, 0.1) is 32.4 Å². The van der Waals surface area contributed by atoms with Crippen molar-refractivity contribution in [2.24, 2.45) is 0 Å². The van der Waals surface area contributed by atoms with E-state index in [2.05, 4.69) is 15.9 Å². The van der Waals surface area contributed by atoms with Gasteiger partial charge in [0, 0.05) is 17.5 Å². The molecule has 0 spiro atoms. The van der Waals surface area contributed by atoms with Crippen molar-refractivity contribution in [2.45, 2.75) is 27.2 Å². The fourth-order valence-corrected chi connectivity index (χ4v) is 2.55. The highest BCUT2D eigenvalue weighted by Crippen LogP contribution is 2.26. The molecule has 0 atom stereocenters. The Balaban J connectivity index is 2.40. The number of carbonyl (C=O) groups is 1. The van der Waals surface area contributed by atoms with Gasteiger partial charge in [-0.15, -0.1) is 0 Å². The van der Waals surface area contributed by atoms with Gasteiger partial charge < -0.3 is 4.42 Å². The predicted molar refractivity (Wildman–Crippen MR) is 75.0 cm³/mol. The van der Waals surface area contributed by atoms with Crippen LogP contribution in [0.1, 0.15) is 33.0 Å². The van der Waals surface area contributed by atoms with Gasteiger partial charge in [-0.3, -0.25) is 4.79 Å². The van der Waals surface area contributed by atoms with Crippen LogP contribution in [0.15, 0.2) is 21.0 Å². The van der Waals surface area contributed by atoms with Gasteiger partial charge in [0.25, 0.3) is 0 Å². The molecule has 0 saturated carbocycles. The zero-order valence-corrected chi connectivity index (χ0v) is 12.9. The molecule has 106 valence electrons. The van der Waals surface area contributed by atoms with Crippen molar-refractivity contribution in [3.8, 4) is 0 Å². The van der Waals surface area contributed by atoms with Gasteiger partial charge in [-0.2, -0.15) is 0 Å². The van der Waals surface area contributed by atoms with Crippen LogP contribution >= 0.6 is 15.9 Å². The molecule has 0 radical (unpaired) electrons. The monoisotopic (exact) mass is 342 g/mol. The standard InChI is InChI=1S/C15H13BrF2O2/c1-7-8(2)20-9(3)14(7)13(19)6-10-12(17)5-4-11(16)15(10)18/h4-5H,6H2,1-3H3. The molecule has 1 heterocycles. The molecule has 0 bridgehead atoms. The lowest BCUT2D eigenvalue weighted by atomic mass is 9.99. The Kier molecular flexibility index (Phi) is 4.09. The second-order valence-electron chi connectivity index (χ2n) is 4.64. The van der Waals surface area contributed by atoms with Crippen molar-refractivity contribution in [1.82, 2.24) is 0 Å². The van der Waals surface area contributed by atoms with Crippen LogP contribution in [0.3, 0.4) is 0 Å². The van der Waals surface area contributed by atoms with Crippen LogP contribution in [0.2, 0.25) is 0 Å². The fourth-order valence-electron chi connectivity index (χ4n) is 2.18. The average Bonchev–Trinajstić information content (AvgIpc) is 2.63. The van der Waals surface area contributed by atoms with E-state index in [1.807, 2.05) is 0 Å². The highest BCUT2D eigenvalue weighted by atomic mass is 79.9. The summed E-state index contributed by atoms with van der Waals surface area (Å²) in [6.45, 7) is 5.17. The van der Waals surface area contributed by atoms with Gasteiger partial charge in [-0.1, -0.05) is 0 Å². The number of halogens is 3. The second kappa shape index (κ2) is 5.48. The topological polar surface area (TPSA) is 30.2 Å². The number of ketones is 1. The van der Waals surface area contributed by atoms with Crippen molar-refractivity contribution < 1.29 is 18.0 Å². The number of rotatable bonds is 3. The van der Waals surface area contributed by atoms with Crippen LogP contribution in [-0.2, 0) is 6.42 Å². The maximum Gasteiger partial charge on any atom is 0.171 e. The first kappa shape index (κ1) is 14.9. The van der Waals surface area contributed by atoms with Crippen molar-refractivity contribution >= 4 is 21.7 Å². The molecule has 0 N–H and O–H groups in total. The first-order valence-corrected chi connectivity index (χ1v) is 6.84. The molecule has 2 rings (SSSR count). The molecule has 20 heavy (non-hydrogen) atoms. The molecule has 0 aliphatic carbocycles. The van der Waals surface area contributed by atoms with E-state index >= 15 is 0 Å². The van der Waals surface area contributed by atoms with Crippen LogP contribution in [0.4, 0.5) is 8.78 Å². The van der Waals surface area contributed by atoms with Crippen LogP contribution < -0.4 is 0 Å². The Morgan fingerprint density at radius 1 is 1.20 bits per heavy atom. The number of furan rings is 1. The van der Waals surface area contributed by atoms with Gasteiger partial charge in [-0.25, -0.2) is 8.78 Å². The summed E-state index contributed by atoms with van der Waals surface area (Å²) in [5, 5.41) is 0. The molecule has 5 heteroatoms. The van der Waals surface area contributed by atoms with E-state index in [-0.39, 0.29) is 22.2 Å². The summed E-state index contributed by atoms with van der Waals surface area (Å²) < 4.78 is 33.1. The fraction of sp³-hybridized carbons (Fsp3) is 0.267. The lowest BCUT2D eigenvalue weighted by Crippen LogP contribution is -2.09. The molecular formula is C15H13BrF2O2. The Hall–Kier alpha value is -1.49. The van der Waals surface area contributed by atoms with E-state index in [9.17, 15) is 13.6 Å².